The predicted molar refractivity (Wildman–Crippen MR) is 71.2 cm³/mol. The number of aliphatic hydroxyl groups excluding tert-OH is 1. The molecule has 3 N–H and O–H groups in total. The Labute approximate surface area is 121 Å². The summed E-state index contributed by atoms with van der Waals surface area (Å²) in [6, 6.07) is 5.45. The molecule has 0 spiro atoms. The highest BCUT2D eigenvalue weighted by Gasteiger charge is 2.23. The van der Waals surface area contributed by atoms with Gasteiger partial charge in [0.15, 0.2) is 6.10 Å². The molecule has 1 atom stereocenters. The standard InChI is InChI=1S/C12H15NO7S/c1-20-12(17)8-4-2-3-5-10(8)21(18,19)13-7-6-9(14)11(15)16/h2-5,9,13-14H,6-7H2,1H3,(H,15,16)/t9-/m0/s1. The second-order valence-corrected chi connectivity index (χ2v) is 5.76. The number of aliphatic carboxylic acids is 1. The van der Waals surface area contributed by atoms with E-state index in [0.29, 0.717) is 0 Å². The molecule has 0 radical (unpaired) electrons. The summed E-state index contributed by atoms with van der Waals surface area (Å²) in [5.41, 5.74) is -0.133. The Morgan fingerprint density at radius 2 is 1.95 bits per heavy atom. The van der Waals surface area contributed by atoms with E-state index in [9.17, 15) is 18.0 Å². The van der Waals surface area contributed by atoms with E-state index in [1.165, 1.54) is 24.3 Å². The van der Waals surface area contributed by atoms with Crippen molar-refractivity contribution in [1.82, 2.24) is 4.72 Å². The first-order chi connectivity index (χ1) is 9.79. The molecule has 0 aliphatic rings. The molecule has 0 saturated heterocycles. The Morgan fingerprint density at radius 3 is 2.52 bits per heavy atom. The summed E-state index contributed by atoms with van der Waals surface area (Å²) >= 11 is 0. The van der Waals surface area contributed by atoms with Gasteiger partial charge >= 0.3 is 11.9 Å². The Hall–Kier alpha value is -1.97. The van der Waals surface area contributed by atoms with Crippen LogP contribution in [0.15, 0.2) is 29.2 Å². The first-order valence-corrected chi connectivity index (χ1v) is 7.35. The summed E-state index contributed by atoms with van der Waals surface area (Å²) in [6.45, 7) is -0.286. The summed E-state index contributed by atoms with van der Waals surface area (Å²) < 4.78 is 30.8. The highest BCUT2D eigenvalue weighted by atomic mass is 32.2. The lowest BCUT2D eigenvalue weighted by atomic mass is 10.2. The number of hydrogen-bond acceptors (Lipinski definition) is 6. The minimum atomic E-state index is -4.02. The molecule has 0 fully saturated rings. The number of sulfonamides is 1. The zero-order valence-electron chi connectivity index (χ0n) is 11.1. The molecular formula is C12H15NO7S. The Morgan fingerprint density at radius 1 is 1.33 bits per heavy atom. The van der Waals surface area contributed by atoms with Crippen LogP contribution >= 0.6 is 0 Å². The van der Waals surface area contributed by atoms with Gasteiger partial charge in [0, 0.05) is 6.54 Å². The zero-order valence-corrected chi connectivity index (χ0v) is 12.0. The maximum absolute atomic E-state index is 12.1. The number of carbonyl (C=O) groups is 2. The third kappa shape index (κ3) is 4.52. The van der Waals surface area contributed by atoms with E-state index in [1.807, 2.05) is 0 Å². The normalized spacial score (nSPS) is 12.7. The molecule has 1 aromatic rings. The number of benzene rings is 1. The van der Waals surface area contributed by atoms with Gasteiger partial charge in [-0.1, -0.05) is 12.1 Å². The number of carbonyl (C=O) groups excluding carboxylic acids is 1. The SMILES string of the molecule is COC(=O)c1ccccc1S(=O)(=O)NCC[C@H](O)C(=O)O. The van der Waals surface area contributed by atoms with E-state index in [1.54, 1.807) is 0 Å². The second-order valence-electron chi connectivity index (χ2n) is 4.03. The number of aliphatic hydroxyl groups is 1. The van der Waals surface area contributed by atoms with Gasteiger partial charge in [-0.3, -0.25) is 0 Å². The van der Waals surface area contributed by atoms with Crippen LogP contribution in [0.4, 0.5) is 0 Å². The van der Waals surface area contributed by atoms with Crippen molar-refractivity contribution >= 4 is 22.0 Å². The Bertz CT molecular complexity index is 626. The minimum absolute atomic E-state index is 0.133. The summed E-state index contributed by atoms with van der Waals surface area (Å²) in [5.74, 6) is -2.24. The molecule has 1 aromatic carbocycles. The number of esters is 1. The summed E-state index contributed by atoms with van der Waals surface area (Å²) in [7, 11) is -2.89. The molecule has 0 aliphatic carbocycles. The number of hydrogen-bond donors (Lipinski definition) is 3. The average Bonchev–Trinajstić information content (AvgIpc) is 2.46. The number of carboxylic acid groups (broad SMARTS) is 1. The third-order valence-electron chi connectivity index (χ3n) is 2.58. The maximum atomic E-state index is 12.1. The van der Waals surface area contributed by atoms with Gasteiger partial charge in [-0.25, -0.2) is 22.7 Å². The highest BCUT2D eigenvalue weighted by molar-refractivity contribution is 7.89. The molecule has 0 aromatic heterocycles. The fourth-order valence-corrected chi connectivity index (χ4v) is 2.75. The third-order valence-corrected chi connectivity index (χ3v) is 4.10. The lowest BCUT2D eigenvalue weighted by Gasteiger charge is -2.11. The van der Waals surface area contributed by atoms with Crippen LogP contribution in [0.1, 0.15) is 16.8 Å². The Kier molecular flexibility index (Phi) is 5.82. The van der Waals surface area contributed by atoms with Crippen molar-refractivity contribution in [1.29, 1.82) is 0 Å². The van der Waals surface area contributed by atoms with Gasteiger partial charge in [-0.15, -0.1) is 0 Å². The van der Waals surface area contributed by atoms with Crippen LogP contribution in [0.2, 0.25) is 0 Å². The second kappa shape index (κ2) is 7.16. The molecule has 0 saturated carbocycles. The summed E-state index contributed by atoms with van der Waals surface area (Å²) in [4.78, 5) is 21.7. The first-order valence-electron chi connectivity index (χ1n) is 5.87. The zero-order chi connectivity index (χ0) is 16.0. The average molecular weight is 317 g/mol. The van der Waals surface area contributed by atoms with Crippen molar-refractivity contribution in [3.05, 3.63) is 29.8 Å². The lowest BCUT2D eigenvalue weighted by Crippen LogP contribution is -2.31. The van der Waals surface area contributed by atoms with Gasteiger partial charge in [0.05, 0.1) is 17.6 Å². The van der Waals surface area contributed by atoms with Crippen LogP contribution in [0.25, 0.3) is 0 Å². The van der Waals surface area contributed by atoms with Crippen molar-refractivity contribution in [2.45, 2.75) is 17.4 Å². The number of methoxy groups -OCH3 is 1. The molecule has 0 aliphatic heterocycles. The van der Waals surface area contributed by atoms with Crippen LogP contribution in [-0.2, 0) is 19.6 Å². The quantitative estimate of drug-likeness (QED) is 0.583. The molecular weight excluding hydrogens is 302 g/mol. The summed E-state index contributed by atoms with van der Waals surface area (Å²) in [5, 5.41) is 17.6. The molecule has 116 valence electrons. The molecule has 21 heavy (non-hydrogen) atoms. The fourth-order valence-electron chi connectivity index (χ4n) is 1.51. The topological polar surface area (TPSA) is 130 Å². The molecule has 0 amide bonds. The van der Waals surface area contributed by atoms with E-state index in [4.69, 9.17) is 10.2 Å². The van der Waals surface area contributed by atoms with E-state index in [-0.39, 0.29) is 23.4 Å². The van der Waals surface area contributed by atoms with Crippen LogP contribution in [0.3, 0.4) is 0 Å². The van der Waals surface area contributed by atoms with E-state index in [2.05, 4.69) is 9.46 Å². The first kappa shape index (κ1) is 17.1. The highest BCUT2D eigenvalue weighted by Crippen LogP contribution is 2.16. The van der Waals surface area contributed by atoms with Crippen LogP contribution in [-0.4, -0.2) is 50.3 Å². The van der Waals surface area contributed by atoms with Gasteiger partial charge in [0.2, 0.25) is 10.0 Å². The number of nitrogens with one attached hydrogen (secondary N) is 1. The molecule has 8 nitrogen and oxygen atoms in total. The van der Waals surface area contributed by atoms with E-state index < -0.39 is 28.1 Å². The maximum Gasteiger partial charge on any atom is 0.339 e. The summed E-state index contributed by atoms with van der Waals surface area (Å²) in [6.07, 6.45) is -1.96. The Balaban J connectivity index is 2.89. The smallest absolute Gasteiger partial charge is 0.339 e. The lowest BCUT2D eigenvalue weighted by molar-refractivity contribution is -0.146. The number of ether oxygens (including phenoxy) is 1. The van der Waals surface area contributed by atoms with Crippen molar-refractivity contribution in [3.63, 3.8) is 0 Å². The van der Waals surface area contributed by atoms with Crippen LogP contribution in [0, 0.1) is 0 Å². The fraction of sp³-hybridized carbons (Fsp3) is 0.333. The van der Waals surface area contributed by atoms with Crippen molar-refractivity contribution < 1.29 is 33.0 Å². The van der Waals surface area contributed by atoms with Gasteiger partial charge in [0.25, 0.3) is 0 Å². The van der Waals surface area contributed by atoms with Crippen LogP contribution < -0.4 is 4.72 Å². The van der Waals surface area contributed by atoms with Gasteiger partial charge in [-0.2, -0.15) is 0 Å². The molecule has 0 unspecified atom stereocenters. The van der Waals surface area contributed by atoms with Crippen molar-refractivity contribution in [2.75, 3.05) is 13.7 Å². The van der Waals surface area contributed by atoms with Gasteiger partial charge in [0.1, 0.15) is 0 Å². The molecule has 1 rings (SSSR count). The largest absolute Gasteiger partial charge is 0.479 e. The molecule has 0 heterocycles. The molecule has 0 bridgehead atoms. The predicted octanol–water partition coefficient (Wildman–Crippen LogP) is -0.413. The minimum Gasteiger partial charge on any atom is -0.479 e. The van der Waals surface area contributed by atoms with Crippen molar-refractivity contribution in [2.24, 2.45) is 0 Å². The van der Waals surface area contributed by atoms with E-state index >= 15 is 0 Å². The van der Waals surface area contributed by atoms with Gasteiger partial charge < -0.3 is 14.9 Å². The number of rotatable bonds is 7. The number of carboxylic acids is 1. The monoisotopic (exact) mass is 317 g/mol. The molecule has 9 heteroatoms. The van der Waals surface area contributed by atoms with Gasteiger partial charge in [-0.05, 0) is 18.6 Å². The van der Waals surface area contributed by atoms with E-state index in [0.717, 1.165) is 7.11 Å². The van der Waals surface area contributed by atoms with Crippen LogP contribution in [0.5, 0.6) is 0 Å². The van der Waals surface area contributed by atoms with Crippen molar-refractivity contribution in [3.8, 4) is 0 Å².